The van der Waals surface area contributed by atoms with Crippen molar-refractivity contribution in [1.29, 1.82) is 0 Å². The van der Waals surface area contributed by atoms with Crippen molar-refractivity contribution in [2.45, 2.75) is 66.0 Å². The molecule has 1 N–H and O–H groups in total. The number of hydrogen-bond donors (Lipinski definition) is 1. The van der Waals surface area contributed by atoms with Gasteiger partial charge in [-0.25, -0.2) is 0 Å². The van der Waals surface area contributed by atoms with Gasteiger partial charge in [-0.15, -0.1) is 0 Å². The van der Waals surface area contributed by atoms with Gasteiger partial charge in [0.2, 0.25) is 0 Å². The molecule has 0 bridgehead atoms. The van der Waals surface area contributed by atoms with Crippen molar-refractivity contribution >= 4 is 0 Å². The Morgan fingerprint density at radius 3 is 2.11 bits per heavy atom. The molecule has 1 nitrogen and oxygen atoms in total. The van der Waals surface area contributed by atoms with E-state index in [1.165, 1.54) is 24.8 Å². The zero-order valence-corrected chi connectivity index (χ0v) is 12.7. The van der Waals surface area contributed by atoms with Gasteiger partial charge in [0.15, 0.2) is 0 Å². The first-order valence-corrected chi connectivity index (χ1v) is 7.30. The third kappa shape index (κ3) is 4.45. The molecule has 0 heterocycles. The Morgan fingerprint density at radius 1 is 1.06 bits per heavy atom. The Bertz CT molecular complexity index is 323. The minimum Gasteiger partial charge on any atom is -0.307 e. The Kier molecular flexibility index (Phi) is 5.87. The highest BCUT2D eigenvalue weighted by atomic mass is 15.0. The summed E-state index contributed by atoms with van der Waals surface area (Å²) in [4.78, 5) is 0. The zero-order chi connectivity index (χ0) is 13.6. The first-order valence-electron chi connectivity index (χ1n) is 7.30. The van der Waals surface area contributed by atoms with E-state index < -0.39 is 0 Å². The van der Waals surface area contributed by atoms with Crippen LogP contribution >= 0.6 is 0 Å². The smallest absolute Gasteiger partial charge is 0.0371 e. The molecule has 0 amide bonds. The average Bonchev–Trinajstić information content (AvgIpc) is 2.34. The van der Waals surface area contributed by atoms with E-state index in [9.17, 15) is 0 Å². The molecule has 2 atom stereocenters. The van der Waals surface area contributed by atoms with Gasteiger partial charge in [-0.3, -0.25) is 0 Å². The quantitative estimate of drug-likeness (QED) is 0.750. The second kappa shape index (κ2) is 6.94. The lowest BCUT2D eigenvalue weighted by molar-refractivity contribution is 0.241. The highest BCUT2D eigenvalue weighted by Crippen LogP contribution is 2.33. The van der Waals surface area contributed by atoms with Gasteiger partial charge in [0, 0.05) is 12.1 Å². The van der Waals surface area contributed by atoms with Gasteiger partial charge in [-0.1, -0.05) is 71.4 Å². The van der Waals surface area contributed by atoms with Crippen LogP contribution in [-0.2, 0) is 0 Å². The largest absolute Gasteiger partial charge is 0.307 e. The van der Waals surface area contributed by atoms with Crippen molar-refractivity contribution in [2.75, 3.05) is 0 Å². The molecule has 18 heavy (non-hydrogen) atoms. The Hall–Kier alpha value is -0.820. The Balaban J connectivity index is 2.86. The second-order valence-corrected chi connectivity index (χ2v) is 6.27. The molecule has 2 unspecified atom stereocenters. The number of hydrogen-bond acceptors (Lipinski definition) is 1. The lowest BCUT2D eigenvalue weighted by Crippen LogP contribution is -2.39. The molecule has 0 aromatic heterocycles. The third-order valence-corrected chi connectivity index (χ3v) is 3.53. The minimum absolute atomic E-state index is 0.239. The summed E-state index contributed by atoms with van der Waals surface area (Å²) in [5, 5.41) is 3.86. The topological polar surface area (TPSA) is 12.0 Å². The molecular formula is C17H29N. The molecule has 0 aliphatic carbocycles. The summed E-state index contributed by atoms with van der Waals surface area (Å²) < 4.78 is 0. The number of benzene rings is 1. The van der Waals surface area contributed by atoms with E-state index in [1.54, 1.807) is 0 Å². The van der Waals surface area contributed by atoms with Gasteiger partial charge in [0.1, 0.15) is 0 Å². The Labute approximate surface area is 113 Å². The number of nitrogens with one attached hydrogen (secondary N) is 1. The summed E-state index contributed by atoms with van der Waals surface area (Å²) in [5.41, 5.74) is 1.64. The van der Waals surface area contributed by atoms with Crippen LogP contribution in [0.2, 0.25) is 0 Å². The highest BCUT2D eigenvalue weighted by Gasteiger charge is 2.27. The molecule has 0 aliphatic heterocycles. The van der Waals surface area contributed by atoms with Gasteiger partial charge in [0.25, 0.3) is 0 Å². The van der Waals surface area contributed by atoms with E-state index in [1.807, 2.05) is 0 Å². The van der Waals surface area contributed by atoms with Crippen molar-refractivity contribution in [3.63, 3.8) is 0 Å². The van der Waals surface area contributed by atoms with Crippen LogP contribution in [0.1, 0.15) is 65.5 Å². The molecule has 0 aliphatic rings. The van der Waals surface area contributed by atoms with Gasteiger partial charge in [-0.05, 0) is 23.8 Å². The average molecular weight is 247 g/mol. The molecule has 0 spiro atoms. The van der Waals surface area contributed by atoms with Crippen LogP contribution in [0.15, 0.2) is 30.3 Å². The van der Waals surface area contributed by atoms with Gasteiger partial charge in [-0.2, -0.15) is 0 Å². The van der Waals surface area contributed by atoms with Crippen LogP contribution in [0.25, 0.3) is 0 Å². The molecule has 1 heteroatoms. The zero-order valence-electron chi connectivity index (χ0n) is 12.7. The highest BCUT2D eigenvalue weighted by molar-refractivity contribution is 5.21. The second-order valence-electron chi connectivity index (χ2n) is 6.27. The van der Waals surface area contributed by atoms with Crippen molar-refractivity contribution < 1.29 is 0 Å². The lowest BCUT2D eigenvalue weighted by atomic mass is 9.81. The van der Waals surface area contributed by atoms with Gasteiger partial charge in [0.05, 0.1) is 0 Å². The molecule has 0 radical (unpaired) electrons. The van der Waals surface area contributed by atoms with Crippen molar-refractivity contribution in [1.82, 2.24) is 5.32 Å². The molecule has 0 saturated heterocycles. The van der Waals surface area contributed by atoms with Crippen molar-refractivity contribution in [2.24, 2.45) is 5.41 Å². The molecule has 1 aromatic rings. The fraction of sp³-hybridized carbons (Fsp3) is 0.647. The molecule has 1 rings (SSSR count). The molecule has 102 valence electrons. The first kappa shape index (κ1) is 15.2. The minimum atomic E-state index is 0.239. The van der Waals surface area contributed by atoms with E-state index in [2.05, 4.69) is 70.3 Å². The summed E-state index contributed by atoms with van der Waals surface area (Å²) in [6.07, 6.45) is 3.71. The van der Waals surface area contributed by atoms with Gasteiger partial charge < -0.3 is 5.32 Å². The predicted octanol–water partition coefficient (Wildman–Crippen LogP) is 4.94. The van der Waals surface area contributed by atoms with Crippen molar-refractivity contribution in [3.05, 3.63) is 35.9 Å². The van der Waals surface area contributed by atoms with Crippen LogP contribution in [0.5, 0.6) is 0 Å². The van der Waals surface area contributed by atoms with E-state index in [4.69, 9.17) is 0 Å². The standard InChI is InChI=1S/C17H29N/c1-6-11-15(7-2)18-16(17(3,4)5)14-12-9-8-10-13-14/h8-10,12-13,15-16,18H,6-7,11H2,1-5H3. The Morgan fingerprint density at radius 2 is 1.67 bits per heavy atom. The molecule has 1 aromatic carbocycles. The maximum atomic E-state index is 3.86. The maximum Gasteiger partial charge on any atom is 0.0371 e. The SMILES string of the molecule is CCCC(CC)NC(c1ccccc1)C(C)(C)C. The summed E-state index contributed by atoms with van der Waals surface area (Å²) in [5.74, 6) is 0. The fourth-order valence-corrected chi connectivity index (χ4v) is 2.48. The predicted molar refractivity (Wildman–Crippen MR) is 80.8 cm³/mol. The summed E-state index contributed by atoms with van der Waals surface area (Å²) in [7, 11) is 0. The fourth-order valence-electron chi connectivity index (χ4n) is 2.48. The maximum absolute atomic E-state index is 3.86. The van der Waals surface area contributed by atoms with Crippen LogP contribution < -0.4 is 5.32 Å². The normalized spacial score (nSPS) is 15.4. The summed E-state index contributed by atoms with van der Waals surface area (Å²) in [6, 6.07) is 11.9. The van der Waals surface area contributed by atoms with Crippen molar-refractivity contribution in [3.8, 4) is 0 Å². The first-order chi connectivity index (χ1) is 8.49. The van der Waals surface area contributed by atoms with Gasteiger partial charge >= 0.3 is 0 Å². The van der Waals surface area contributed by atoms with Crippen LogP contribution in [0, 0.1) is 5.41 Å². The third-order valence-electron chi connectivity index (χ3n) is 3.53. The molecular weight excluding hydrogens is 218 g/mol. The van der Waals surface area contributed by atoms with Crippen LogP contribution in [0.3, 0.4) is 0 Å². The number of rotatable bonds is 6. The lowest BCUT2D eigenvalue weighted by Gasteiger charge is -2.35. The van der Waals surface area contributed by atoms with E-state index in [-0.39, 0.29) is 5.41 Å². The van der Waals surface area contributed by atoms with E-state index in [0.29, 0.717) is 12.1 Å². The van der Waals surface area contributed by atoms with E-state index in [0.717, 1.165) is 0 Å². The van der Waals surface area contributed by atoms with E-state index >= 15 is 0 Å². The van der Waals surface area contributed by atoms with Crippen LogP contribution in [0.4, 0.5) is 0 Å². The summed E-state index contributed by atoms with van der Waals surface area (Å²) >= 11 is 0. The summed E-state index contributed by atoms with van der Waals surface area (Å²) in [6.45, 7) is 11.5. The molecule has 0 saturated carbocycles. The van der Waals surface area contributed by atoms with Crippen LogP contribution in [-0.4, -0.2) is 6.04 Å². The monoisotopic (exact) mass is 247 g/mol. The molecule has 0 fully saturated rings.